The van der Waals surface area contributed by atoms with Gasteiger partial charge < -0.3 is 41.1 Å². The van der Waals surface area contributed by atoms with Gasteiger partial charge in [-0.25, -0.2) is 0 Å². The van der Waals surface area contributed by atoms with Crippen molar-refractivity contribution >= 4 is 0 Å². The summed E-state index contributed by atoms with van der Waals surface area (Å²) in [5.74, 6) is 1.72. The van der Waals surface area contributed by atoms with E-state index in [2.05, 4.69) is 33.8 Å². The Kier molecular flexibility index (Phi) is 25.7. The Balaban J connectivity index is 0.000000360. The van der Waals surface area contributed by atoms with Crippen LogP contribution in [0.25, 0.3) is 5.32 Å². The van der Waals surface area contributed by atoms with Crippen LogP contribution in [-0.4, -0.2) is 114 Å². The molecule has 0 aliphatic carbocycles. The molecule has 0 aromatic rings. The smallest absolute Gasteiger partial charge is 0.0704 e. The van der Waals surface area contributed by atoms with Gasteiger partial charge >= 0.3 is 0 Å². The normalized spacial score (nSPS) is 22.2. The quantitative estimate of drug-likeness (QED) is 0.229. The molecule has 4 aliphatic rings. The van der Waals surface area contributed by atoms with Crippen molar-refractivity contribution < 1.29 is 46.9 Å². The summed E-state index contributed by atoms with van der Waals surface area (Å²) in [6.45, 7) is 22.2. The minimum atomic E-state index is 0. The molecule has 0 amide bonds. The number of piperidine rings is 4. The maximum absolute atomic E-state index is 5.80. The number of ether oxygens (including phenoxy) is 3. The van der Waals surface area contributed by atoms with Crippen molar-refractivity contribution in [2.75, 3.05) is 98.5 Å². The molecule has 7 nitrogen and oxygen atoms in total. The van der Waals surface area contributed by atoms with E-state index in [1.165, 1.54) is 90.8 Å². The molecule has 4 aliphatic heterocycles. The molecule has 229 valence electrons. The Labute approximate surface area is 267 Å². The van der Waals surface area contributed by atoms with Crippen molar-refractivity contribution in [1.29, 1.82) is 0 Å². The van der Waals surface area contributed by atoms with Crippen LogP contribution in [0.2, 0.25) is 0 Å². The van der Waals surface area contributed by atoms with Crippen LogP contribution in [0.5, 0.6) is 0 Å². The third-order valence-corrected chi connectivity index (χ3v) is 8.10. The van der Waals surface area contributed by atoms with Gasteiger partial charge in [0, 0.05) is 59.0 Å². The Morgan fingerprint density at radius 3 is 2.13 bits per heavy atom. The zero-order valence-corrected chi connectivity index (χ0v) is 28.8. The standard InChI is InChI=1S/C15H29N2O2.C14H27N2O.C2H6.Y/c1-14-4-8-17(9-5-14)10-11-18-12-13-19-15-2-6-16-7-3-15;1-2-9-16(10-3-1)11-4-12-17-13-14-5-7-15-8-6-14;1-2;/h14-15H,2-13H2,1H3;1,14-15H,2-13H2;1-2H3;/q2*-1;;. The number of likely N-dealkylation sites (tertiary alicyclic amines) is 2. The van der Waals surface area contributed by atoms with Crippen LogP contribution in [0.4, 0.5) is 0 Å². The number of rotatable bonds is 13. The third kappa shape index (κ3) is 19.6. The SMILES string of the molecule is CC.CC1CCN(CCOCCOC2CC[N-]CC2)CC1.[CH-]1CCN(CCCOCC2CCNCC2)CC1.[Y]. The molecule has 39 heavy (non-hydrogen) atoms. The topological polar surface area (TPSA) is 60.3 Å². The van der Waals surface area contributed by atoms with Gasteiger partial charge in [0.25, 0.3) is 0 Å². The van der Waals surface area contributed by atoms with Crippen LogP contribution in [-0.2, 0) is 46.9 Å². The summed E-state index contributed by atoms with van der Waals surface area (Å²) in [7, 11) is 0. The summed E-state index contributed by atoms with van der Waals surface area (Å²) < 4.78 is 17.3. The monoisotopic (exact) mass is 627 g/mol. The van der Waals surface area contributed by atoms with Gasteiger partial charge in [0.05, 0.1) is 25.9 Å². The van der Waals surface area contributed by atoms with Crippen molar-refractivity contribution in [3.8, 4) is 0 Å². The number of nitrogens with zero attached hydrogens (tertiary/aromatic N) is 3. The first-order chi connectivity index (χ1) is 18.8. The van der Waals surface area contributed by atoms with Crippen LogP contribution in [0.15, 0.2) is 0 Å². The van der Waals surface area contributed by atoms with Crippen LogP contribution >= 0.6 is 0 Å². The molecule has 0 aromatic heterocycles. The summed E-state index contributed by atoms with van der Waals surface area (Å²) in [5.41, 5.74) is 0. The van der Waals surface area contributed by atoms with Crippen LogP contribution in [0, 0.1) is 18.3 Å². The molecule has 4 rings (SSSR count). The second kappa shape index (κ2) is 26.5. The fourth-order valence-corrected chi connectivity index (χ4v) is 5.46. The Hall–Kier alpha value is 0.824. The van der Waals surface area contributed by atoms with Crippen molar-refractivity contribution in [2.45, 2.75) is 84.7 Å². The summed E-state index contributed by atoms with van der Waals surface area (Å²) in [4.78, 5) is 5.08. The van der Waals surface area contributed by atoms with Crippen molar-refractivity contribution in [2.24, 2.45) is 11.8 Å². The second-order valence-corrected chi connectivity index (χ2v) is 11.2. The van der Waals surface area contributed by atoms with Crippen LogP contribution in [0.3, 0.4) is 0 Å². The first-order valence-corrected chi connectivity index (χ1v) is 16.2. The van der Waals surface area contributed by atoms with Gasteiger partial charge in [-0.3, -0.25) is 0 Å². The van der Waals surface area contributed by atoms with E-state index in [-0.39, 0.29) is 32.7 Å². The molecule has 1 N–H and O–H groups in total. The predicted octanol–water partition coefficient (Wildman–Crippen LogP) is 5.00. The van der Waals surface area contributed by atoms with E-state index in [0.29, 0.717) is 6.10 Å². The third-order valence-electron chi connectivity index (χ3n) is 8.10. The van der Waals surface area contributed by atoms with E-state index in [9.17, 15) is 0 Å². The van der Waals surface area contributed by atoms with E-state index in [1.807, 2.05) is 13.8 Å². The molecule has 0 spiro atoms. The van der Waals surface area contributed by atoms with Crippen molar-refractivity contribution in [3.63, 3.8) is 0 Å². The fourth-order valence-electron chi connectivity index (χ4n) is 5.46. The molecular weight excluding hydrogens is 565 g/mol. The van der Waals surface area contributed by atoms with Gasteiger partial charge in [-0.15, -0.1) is 13.1 Å². The Morgan fingerprint density at radius 2 is 1.44 bits per heavy atom. The zero-order chi connectivity index (χ0) is 27.1. The first kappa shape index (κ1) is 37.8. The average Bonchev–Trinajstić information content (AvgIpc) is 2.99. The molecule has 1 radical (unpaired) electrons. The minimum absolute atomic E-state index is 0. The van der Waals surface area contributed by atoms with Gasteiger partial charge in [-0.05, 0) is 96.1 Å². The van der Waals surface area contributed by atoms with Gasteiger partial charge in [0.1, 0.15) is 0 Å². The molecule has 4 fully saturated rings. The van der Waals surface area contributed by atoms with E-state index in [0.717, 1.165) is 77.3 Å². The molecular formula is C31H62N4O3Y-2. The van der Waals surface area contributed by atoms with E-state index < -0.39 is 0 Å². The number of nitrogens with one attached hydrogen (secondary N) is 1. The largest absolute Gasteiger partial charge is 0.662 e. The minimum Gasteiger partial charge on any atom is -0.662 e. The van der Waals surface area contributed by atoms with E-state index >= 15 is 0 Å². The van der Waals surface area contributed by atoms with Crippen molar-refractivity contribution in [1.82, 2.24) is 15.1 Å². The van der Waals surface area contributed by atoms with Crippen LogP contribution in [0.1, 0.15) is 78.6 Å². The molecule has 0 saturated carbocycles. The van der Waals surface area contributed by atoms with E-state index in [1.54, 1.807) is 0 Å². The van der Waals surface area contributed by atoms with Crippen molar-refractivity contribution in [3.05, 3.63) is 11.7 Å². The van der Waals surface area contributed by atoms with Gasteiger partial charge in [-0.1, -0.05) is 20.8 Å². The summed E-state index contributed by atoms with van der Waals surface area (Å²) in [5, 5.41) is 7.72. The Morgan fingerprint density at radius 1 is 0.769 bits per heavy atom. The maximum Gasteiger partial charge on any atom is 0.0704 e. The van der Waals surface area contributed by atoms with Gasteiger partial charge in [0.2, 0.25) is 0 Å². The zero-order valence-electron chi connectivity index (χ0n) is 25.9. The van der Waals surface area contributed by atoms with E-state index in [4.69, 9.17) is 14.2 Å². The fraction of sp³-hybridized carbons (Fsp3) is 0.968. The summed E-state index contributed by atoms with van der Waals surface area (Å²) in [6.07, 6.45) is 14.0. The predicted molar refractivity (Wildman–Crippen MR) is 160 cm³/mol. The molecule has 4 saturated heterocycles. The Bertz CT molecular complexity index is 488. The first-order valence-electron chi connectivity index (χ1n) is 16.2. The molecule has 8 heteroatoms. The van der Waals surface area contributed by atoms with Gasteiger partial charge in [-0.2, -0.15) is 12.8 Å². The molecule has 0 unspecified atom stereocenters. The van der Waals surface area contributed by atoms with Crippen LogP contribution < -0.4 is 5.32 Å². The molecule has 0 bridgehead atoms. The molecule has 4 heterocycles. The van der Waals surface area contributed by atoms with Gasteiger partial charge in [0.15, 0.2) is 0 Å². The number of hydrogen-bond acceptors (Lipinski definition) is 6. The average molecular weight is 628 g/mol. The summed E-state index contributed by atoms with van der Waals surface area (Å²) in [6, 6.07) is 0. The number of hydrogen-bond donors (Lipinski definition) is 1. The molecule has 0 atom stereocenters. The second-order valence-electron chi connectivity index (χ2n) is 11.2. The maximum atomic E-state index is 5.80. The summed E-state index contributed by atoms with van der Waals surface area (Å²) >= 11 is 0. The molecule has 0 aromatic carbocycles.